The van der Waals surface area contributed by atoms with Gasteiger partial charge in [-0.3, -0.25) is 14.9 Å². The predicted octanol–water partition coefficient (Wildman–Crippen LogP) is 3.06. The third kappa shape index (κ3) is 4.19. The van der Waals surface area contributed by atoms with Crippen LogP contribution in [0.3, 0.4) is 0 Å². The summed E-state index contributed by atoms with van der Waals surface area (Å²) in [5.74, 6) is 0.626. The molecule has 6 nitrogen and oxygen atoms in total. The molecule has 0 bridgehead atoms. The molecular formula is C16H22N2O4. The Kier molecular flexibility index (Phi) is 5.35. The quantitative estimate of drug-likeness (QED) is 0.669. The standard InChI is InChI=1S/C16H22N2O4/c1-11-6-3-4-9-15(11)17-16(19)12(2)22-14-8-5-7-13(10-14)18(20)21/h5,7-8,10-12,15H,3-4,6,9H2,1-2H3,(H,17,19)/t11-,12-,15-/m1/s1. The van der Waals surface area contributed by atoms with Gasteiger partial charge in [-0.2, -0.15) is 0 Å². The zero-order valence-electron chi connectivity index (χ0n) is 13.0. The van der Waals surface area contributed by atoms with Gasteiger partial charge in [0.15, 0.2) is 6.10 Å². The van der Waals surface area contributed by atoms with Crippen LogP contribution in [0.2, 0.25) is 0 Å². The molecule has 0 spiro atoms. The molecule has 2 rings (SSSR count). The summed E-state index contributed by atoms with van der Waals surface area (Å²) in [6, 6.07) is 6.06. The molecule has 1 N–H and O–H groups in total. The number of carbonyl (C=O) groups excluding carboxylic acids is 1. The zero-order chi connectivity index (χ0) is 16.1. The first-order valence-electron chi connectivity index (χ1n) is 7.69. The van der Waals surface area contributed by atoms with E-state index < -0.39 is 11.0 Å². The Hall–Kier alpha value is -2.11. The van der Waals surface area contributed by atoms with E-state index in [1.54, 1.807) is 19.1 Å². The second-order valence-electron chi connectivity index (χ2n) is 5.89. The summed E-state index contributed by atoms with van der Waals surface area (Å²) in [5, 5.41) is 13.8. The summed E-state index contributed by atoms with van der Waals surface area (Å²) in [6.45, 7) is 3.80. The van der Waals surface area contributed by atoms with Crippen molar-refractivity contribution >= 4 is 11.6 Å². The minimum atomic E-state index is -0.684. The fraction of sp³-hybridized carbons (Fsp3) is 0.562. The van der Waals surface area contributed by atoms with Crippen molar-refractivity contribution in [2.24, 2.45) is 5.92 Å². The highest BCUT2D eigenvalue weighted by Gasteiger charge is 2.25. The summed E-state index contributed by atoms with van der Waals surface area (Å²) in [6.07, 6.45) is 3.79. The first kappa shape index (κ1) is 16.3. The van der Waals surface area contributed by atoms with Crippen LogP contribution in [0, 0.1) is 16.0 Å². The molecule has 1 aromatic carbocycles. The molecule has 1 fully saturated rings. The van der Waals surface area contributed by atoms with E-state index in [-0.39, 0.29) is 17.6 Å². The first-order chi connectivity index (χ1) is 10.5. The van der Waals surface area contributed by atoms with Crippen molar-refractivity contribution in [3.05, 3.63) is 34.4 Å². The van der Waals surface area contributed by atoms with Crippen LogP contribution < -0.4 is 10.1 Å². The number of rotatable bonds is 5. The predicted molar refractivity (Wildman–Crippen MR) is 82.7 cm³/mol. The fourth-order valence-electron chi connectivity index (χ4n) is 2.76. The Morgan fingerprint density at radius 3 is 2.82 bits per heavy atom. The molecule has 0 saturated heterocycles. The van der Waals surface area contributed by atoms with Crippen molar-refractivity contribution < 1.29 is 14.5 Å². The molecule has 1 aliphatic carbocycles. The van der Waals surface area contributed by atoms with Crippen LogP contribution in [0.25, 0.3) is 0 Å². The van der Waals surface area contributed by atoms with Crippen molar-refractivity contribution in [1.82, 2.24) is 5.32 Å². The van der Waals surface area contributed by atoms with E-state index in [0.717, 1.165) is 19.3 Å². The van der Waals surface area contributed by atoms with Gasteiger partial charge in [0.1, 0.15) is 5.75 Å². The molecule has 1 saturated carbocycles. The summed E-state index contributed by atoms with van der Waals surface area (Å²) < 4.78 is 5.53. The molecule has 0 aromatic heterocycles. The average molecular weight is 306 g/mol. The molecule has 1 amide bonds. The van der Waals surface area contributed by atoms with E-state index in [9.17, 15) is 14.9 Å². The van der Waals surface area contributed by atoms with Gasteiger partial charge in [0.25, 0.3) is 11.6 Å². The van der Waals surface area contributed by atoms with Crippen LogP contribution in [0.15, 0.2) is 24.3 Å². The summed E-state index contributed by atoms with van der Waals surface area (Å²) in [4.78, 5) is 22.5. The maximum atomic E-state index is 12.2. The number of carbonyl (C=O) groups is 1. The number of nitro groups is 1. The molecular weight excluding hydrogens is 284 g/mol. The third-order valence-corrected chi connectivity index (χ3v) is 4.15. The molecule has 3 atom stereocenters. The lowest BCUT2D eigenvalue weighted by atomic mass is 9.86. The van der Waals surface area contributed by atoms with Gasteiger partial charge in [-0.05, 0) is 31.7 Å². The lowest BCUT2D eigenvalue weighted by molar-refractivity contribution is -0.384. The Morgan fingerprint density at radius 2 is 2.14 bits per heavy atom. The minimum absolute atomic E-state index is 0.0500. The molecule has 0 radical (unpaired) electrons. The minimum Gasteiger partial charge on any atom is -0.481 e. The lowest BCUT2D eigenvalue weighted by Gasteiger charge is -2.30. The summed E-state index contributed by atoms with van der Waals surface area (Å²) in [5.41, 5.74) is -0.0500. The number of nitro benzene ring substituents is 1. The highest BCUT2D eigenvalue weighted by molar-refractivity contribution is 5.81. The van der Waals surface area contributed by atoms with Crippen molar-refractivity contribution in [2.75, 3.05) is 0 Å². The maximum Gasteiger partial charge on any atom is 0.273 e. The van der Waals surface area contributed by atoms with Gasteiger partial charge < -0.3 is 10.1 Å². The first-order valence-corrected chi connectivity index (χ1v) is 7.69. The number of hydrogen-bond donors (Lipinski definition) is 1. The van der Waals surface area contributed by atoms with Crippen LogP contribution >= 0.6 is 0 Å². The molecule has 120 valence electrons. The van der Waals surface area contributed by atoms with Crippen LogP contribution in [-0.4, -0.2) is 23.0 Å². The second kappa shape index (κ2) is 7.24. The van der Waals surface area contributed by atoms with E-state index in [1.165, 1.54) is 18.6 Å². The van der Waals surface area contributed by atoms with Gasteiger partial charge in [-0.25, -0.2) is 0 Å². The number of hydrogen-bond acceptors (Lipinski definition) is 4. The third-order valence-electron chi connectivity index (χ3n) is 4.15. The van der Waals surface area contributed by atoms with E-state index in [1.807, 2.05) is 0 Å². The highest BCUT2D eigenvalue weighted by Crippen LogP contribution is 2.24. The van der Waals surface area contributed by atoms with Gasteiger partial charge in [-0.15, -0.1) is 0 Å². The van der Waals surface area contributed by atoms with Gasteiger partial charge in [0, 0.05) is 12.1 Å². The zero-order valence-corrected chi connectivity index (χ0v) is 13.0. The van der Waals surface area contributed by atoms with Gasteiger partial charge >= 0.3 is 0 Å². The maximum absolute atomic E-state index is 12.2. The lowest BCUT2D eigenvalue weighted by Crippen LogP contribution is -2.46. The number of non-ortho nitro benzene ring substituents is 1. The monoisotopic (exact) mass is 306 g/mol. The van der Waals surface area contributed by atoms with Gasteiger partial charge in [0.2, 0.25) is 0 Å². The van der Waals surface area contributed by atoms with Crippen LogP contribution in [0.5, 0.6) is 5.75 Å². The van der Waals surface area contributed by atoms with E-state index >= 15 is 0 Å². The van der Waals surface area contributed by atoms with Crippen LogP contribution in [0.1, 0.15) is 39.5 Å². The Bertz CT molecular complexity index is 547. The number of ether oxygens (including phenoxy) is 1. The largest absolute Gasteiger partial charge is 0.481 e. The molecule has 1 aliphatic rings. The number of nitrogens with one attached hydrogen (secondary N) is 1. The Labute approximate surface area is 130 Å². The average Bonchev–Trinajstić information content (AvgIpc) is 2.49. The van der Waals surface area contributed by atoms with Crippen molar-refractivity contribution in [2.45, 2.75) is 51.7 Å². The van der Waals surface area contributed by atoms with Crippen molar-refractivity contribution in [3.8, 4) is 5.75 Å². The normalized spacial score (nSPS) is 22.6. The molecule has 1 aromatic rings. The Balaban J connectivity index is 1.93. The van der Waals surface area contributed by atoms with E-state index in [4.69, 9.17) is 4.74 Å². The number of nitrogens with zero attached hydrogens (tertiary/aromatic N) is 1. The second-order valence-corrected chi connectivity index (χ2v) is 5.89. The van der Waals surface area contributed by atoms with Crippen LogP contribution in [-0.2, 0) is 4.79 Å². The molecule has 6 heteroatoms. The summed E-state index contributed by atoms with van der Waals surface area (Å²) in [7, 11) is 0. The van der Waals surface area contributed by atoms with E-state index in [0.29, 0.717) is 11.7 Å². The van der Waals surface area contributed by atoms with Gasteiger partial charge in [-0.1, -0.05) is 25.8 Å². The van der Waals surface area contributed by atoms with Crippen molar-refractivity contribution in [1.29, 1.82) is 0 Å². The van der Waals surface area contributed by atoms with Crippen molar-refractivity contribution in [3.63, 3.8) is 0 Å². The Morgan fingerprint density at radius 1 is 1.41 bits per heavy atom. The summed E-state index contributed by atoms with van der Waals surface area (Å²) >= 11 is 0. The molecule has 0 heterocycles. The molecule has 0 aliphatic heterocycles. The molecule has 22 heavy (non-hydrogen) atoms. The SMILES string of the molecule is C[C@@H]1CCCC[C@H]1NC(=O)[C@@H](C)Oc1cccc([N+](=O)[O-])c1. The number of amides is 1. The smallest absolute Gasteiger partial charge is 0.273 e. The number of benzene rings is 1. The van der Waals surface area contributed by atoms with Crippen LogP contribution in [0.4, 0.5) is 5.69 Å². The fourth-order valence-corrected chi connectivity index (χ4v) is 2.76. The molecule has 0 unspecified atom stereocenters. The van der Waals surface area contributed by atoms with Gasteiger partial charge in [0.05, 0.1) is 11.0 Å². The van der Waals surface area contributed by atoms with E-state index in [2.05, 4.69) is 12.2 Å². The topological polar surface area (TPSA) is 81.5 Å². The highest BCUT2D eigenvalue weighted by atomic mass is 16.6.